The Morgan fingerprint density at radius 1 is 1.06 bits per heavy atom. The van der Waals surface area contributed by atoms with Crippen LogP contribution in [0.3, 0.4) is 0 Å². The van der Waals surface area contributed by atoms with E-state index in [-0.39, 0.29) is 30.8 Å². The van der Waals surface area contributed by atoms with Crippen molar-refractivity contribution >= 4 is 23.3 Å². The lowest BCUT2D eigenvalue weighted by Crippen LogP contribution is -2.39. The second-order valence-corrected chi connectivity index (χ2v) is 8.98. The molecule has 4 rings (SSSR count). The minimum absolute atomic E-state index is 0.134. The first-order chi connectivity index (χ1) is 16.8. The predicted molar refractivity (Wildman–Crippen MR) is 135 cm³/mol. The number of rotatable bonds is 6. The van der Waals surface area contributed by atoms with Crippen molar-refractivity contribution in [3.63, 3.8) is 0 Å². The molecule has 0 bridgehead atoms. The topological polar surface area (TPSA) is 70.7 Å². The third-order valence-corrected chi connectivity index (χ3v) is 6.06. The first-order valence-corrected chi connectivity index (χ1v) is 11.8. The van der Waals surface area contributed by atoms with Crippen molar-refractivity contribution in [2.24, 2.45) is 0 Å². The van der Waals surface area contributed by atoms with Gasteiger partial charge in [-0.25, -0.2) is 9.18 Å². The summed E-state index contributed by atoms with van der Waals surface area (Å²) in [7, 11) is 0. The molecule has 0 aliphatic carbocycles. The van der Waals surface area contributed by atoms with E-state index in [1.165, 1.54) is 11.6 Å². The molecule has 0 spiro atoms. The van der Waals surface area contributed by atoms with Gasteiger partial charge in [0.25, 0.3) is 5.91 Å². The third kappa shape index (κ3) is 5.80. The van der Waals surface area contributed by atoms with E-state index in [1.54, 1.807) is 41.3 Å². The maximum Gasteiger partial charge on any atom is 0.323 e. The van der Waals surface area contributed by atoms with Crippen LogP contribution < -0.4 is 15.4 Å². The Hall–Kier alpha value is -3.87. The standard InChI is InChI=1S/C28H30FN3O3/c1-4-25-27(33)32(16-20-7-5-6-8-24(20)29)17-21-15-23(13-14-26(21)35-25)31-28(34)30-22-11-9-19(10-12-22)18(2)3/h5-15,18,25H,4,16-17H2,1-3H3,(H2,30,31,34). The predicted octanol–water partition coefficient (Wildman–Crippen LogP) is 6.29. The normalized spacial score (nSPS) is 15.3. The highest BCUT2D eigenvalue weighted by Gasteiger charge is 2.30. The molecule has 0 saturated heterocycles. The lowest BCUT2D eigenvalue weighted by molar-refractivity contribution is -0.139. The number of hydrogen-bond acceptors (Lipinski definition) is 3. The van der Waals surface area contributed by atoms with E-state index in [4.69, 9.17) is 4.74 Å². The molecule has 1 unspecified atom stereocenters. The first kappa shape index (κ1) is 24.3. The van der Waals surface area contributed by atoms with Crippen molar-refractivity contribution in [2.45, 2.75) is 52.3 Å². The maximum absolute atomic E-state index is 14.3. The molecular formula is C28H30FN3O3. The van der Waals surface area contributed by atoms with Gasteiger partial charge in [-0.1, -0.05) is 51.1 Å². The summed E-state index contributed by atoms with van der Waals surface area (Å²) in [4.78, 5) is 27.3. The van der Waals surface area contributed by atoms with E-state index >= 15 is 0 Å². The molecule has 0 aromatic heterocycles. The van der Waals surface area contributed by atoms with Crippen molar-refractivity contribution in [2.75, 3.05) is 10.6 Å². The van der Waals surface area contributed by atoms with Gasteiger partial charge in [0.15, 0.2) is 6.10 Å². The van der Waals surface area contributed by atoms with Crippen LogP contribution in [0.15, 0.2) is 66.7 Å². The Balaban J connectivity index is 1.50. The van der Waals surface area contributed by atoms with E-state index in [0.717, 1.165) is 5.56 Å². The quantitative estimate of drug-likeness (QED) is 0.440. The van der Waals surface area contributed by atoms with Gasteiger partial charge in [0, 0.05) is 35.6 Å². The van der Waals surface area contributed by atoms with Crippen LogP contribution in [-0.4, -0.2) is 22.9 Å². The van der Waals surface area contributed by atoms with E-state index in [9.17, 15) is 14.0 Å². The second kappa shape index (κ2) is 10.6. The summed E-state index contributed by atoms with van der Waals surface area (Å²) in [5.41, 5.74) is 3.64. The van der Waals surface area contributed by atoms with Gasteiger partial charge in [0.2, 0.25) is 0 Å². The molecule has 1 heterocycles. The Kier molecular flexibility index (Phi) is 7.34. The van der Waals surface area contributed by atoms with E-state index in [2.05, 4.69) is 24.5 Å². The van der Waals surface area contributed by atoms with Crippen LogP contribution in [0, 0.1) is 5.82 Å². The number of hydrogen-bond donors (Lipinski definition) is 2. The minimum atomic E-state index is -0.654. The van der Waals surface area contributed by atoms with Crippen LogP contribution in [0.1, 0.15) is 49.8 Å². The molecule has 6 nitrogen and oxygen atoms in total. The minimum Gasteiger partial charge on any atom is -0.480 e. The molecule has 0 saturated carbocycles. The zero-order valence-corrected chi connectivity index (χ0v) is 20.2. The molecule has 35 heavy (non-hydrogen) atoms. The van der Waals surface area contributed by atoms with Crippen molar-refractivity contribution in [1.82, 2.24) is 4.90 Å². The summed E-state index contributed by atoms with van der Waals surface area (Å²) in [6, 6.07) is 19.1. The van der Waals surface area contributed by atoms with Crippen molar-refractivity contribution in [1.29, 1.82) is 0 Å². The fourth-order valence-corrected chi connectivity index (χ4v) is 4.06. The molecular weight excluding hydrogens is 445 g/mol. The number of amides is 3. The van der Waals surface area contributed by atoms with Crippen LogP contribution in [0.25, 0.3) is 0 Å². The molecule has 3 aromatic rings. The first-order valence-electron chi connectivity index (χ1n) is 11.8. The van der Waals surface area contributed by atoms with Crippen molar-refractivity contribution in [3.8, 4) is 5.75 Å². The Morgan fingerprint density at radius 3 is 2.43 bits per heavy atom. The van der Waals surface area contributed by atoms with Crippen LogP contribution in [0.5, 0.6) is 5.75 Å². The van der Waals surface area contributed by atoms with Crippen LogP contribution >= 0.6 is 0 Å². The average molecular weight is 476 g/mol. The number of carbonyl (C=O) groups excluding carboxylic acids is 2. The lowest BCUT2D eigenvalue weighted by atomic mass is 10.0. The molecule has 3 aromatic carbocycles. The number of anilines is 2. The number of halogens is 1. The van der Waals surface area contributed by atoms with Crippen molar-refractivity contribution < 1.29 is 18.7 Å². The molecule has 1 atom stereocenters. The van der Waals surface area contributed by atoms with Gasteiger partial charge in [-0.05, 0) is 54.3 Å². The van der Waals surface area contributed by atoms with Gasteiger partial charge in [0.1, 0.15) is 11.6 Å². The number of benzene rings is 3. The number of carbonyl (C=O) groups is 2. The Labute approximate surface area is 205 Å². The lowest BCUT2D eigenvalue weighted by Gasteiger charge is -2.23. The smallest absolute Gasteiger partial charge is 0.323 e. The van der Waals surface area contributed by atoms with E-state index in [1.807, 2.05) is 31.2 Å². The third-order valence-electron chi connectivity index (χ3n) is 6.06. The molecule has 1 aliphatic heterocycles. The molecule has 0 radical (unpaired) electrons. The molecule has 0 fully saturated rings. The van der Waals surface area contributed by atoms with Crippen LogP contribution in [0.4, 0.5) is 20.6 Å². The summed E-state index contributed by atoms with van der Waals surface area (Å²) >= 11 is 0. The monoisotopic (exact) mass is 475 g/mol. The summed E-state index contributed by atoms with van der Waals surface area (Å²) in [6.07, 6.45) is -0.164. The fraction of sp³-hybridized carbons (Fsp3) is 0.286. The molecule has 1 aliphatic rings. The second-order valence-electron chi connectivity index (χ2n) is 8.98. The summed E-state index contributed by atoms with van der Waals surface area (Å²) in [6.45, 7) is 6.49. The highest BCUT2D eigenvalue weighted by molar-refractivity contribution is 5.99. The van der Waals surface area contributed by atoms with Gasteiger partial charge in [-0.15, -0.1) is 0 Å². The zero-order chi connectivity index (χ0) is 24.9. The number of ether oxygens (including phenoxy) is 1. The molecule has 3 amide bonds. The number of nitrogens with zero attached hydrogens (tertiary/aromatic N) is 1. The summed E-state index contributed by atoms with van der Waals surface area (Å²) in [5, 5.41) is 5.67. The SMILES string of the molecule is CCC1Oc2ccc(NC(=O)Nc3ccc(C(C)C)cc3)cc2CN(Cc2ccccc2F)C1=O. The summed E-state index contributed by atoms with van der Waals surface area (Å²) < 4.78 is 20.3. The highest BCUT2D eigenvalue weighted by Crippen LogP contribution is 2.30. The number of nitrogens with one attached hydrogen (secondary N) is 2. The molecule has 2 N–H and O–H groups in total. The number of fused-ring (bicyclic) bond motifs is 1. The zero-order valence-electron chi connectivity index (χ0n) is 20.2. The van der Waals surface area contributed by atoms with Crippen LogP contribution in [0.2, 0.25) is 0 Å². The van der Waals surface area contributed by atoms with Crippen LogP contribution in [-0.2, 0) is 17.9 Å². The highest BCUT2D eigenvalue weighted by atomic mass is 19.1. The van der Waals surface area contributed by atoms with Gasteiger partial charge < -0.3 is 20.3 Å². The fourth-order valence-electron chi connectivity index (χ4n) is 4.06. The van der Waals surface area contributed by atoms with Gasteiger partial charge in [-0.2, -0.15) is 0 Å². The van der Waals surface area contributed by atoms with Gasteiger partial charge in [0.05, 0.1) is 0 Å². The Morgan fingerprint density at radius 2 is 1.74 bits per heavy atom. The summed E-state index contributed by atoms with van der Waals surface area (Å²) in [5.74, 6) is 0.449. The number of urea groups is 1. The largest absolute Gasteiger partial charge is 0.480 e. The van der Waals surface area contributed by atoms with Gasteiger partial charge >= 0.3 is 6.03 Å². The van der Waals surface area contributed by atoms with E-state index < -0.39 is 6.10 Å². The Bertz CT molecular complexity index is 1210. The van der Waals surface area contributed by atoms with Crippen molar-refractivity contribution in [3.05, 3.63) is 89.2 Å². The average Bonchev–Trinajstić information content (AvgIpc) is 2.96. The van der Waals surface area contributed by atoms with Gasteiger partial charge in [-0.3, -0.25) is 4.79 Å². The maximum atomic E-state index is 14.3. The van der Waals surface area contributed by atoms with E-state index in [0.29, 0.717) is 35.0 Å². The molecule has 7 heteroatoms. The molecule has 182 valence electrons.